The Bertz CT molecular complexity index is 891. The summed E-state index contributed by atoms with van der Waals surface area (Å²) in [5, 5.41) is 11.0. The van der Waals surface area contributed by atoms with Gasteiger partial charge in [-0.05, 0) is 43.9 Å². The third kappa shape index (κ3) is 3.25. The molecule has 3 heterocycles. The monoisotopic (exact) mass is 366 g/mol. The first-order valence-electron chi connectivity index (χ1n) is 9.30. The molecule has 1 saturated heterocycles. The van der Waals surface area contributed by atoms with Gasteiger partial charge in [0, 0.05) is 36.8 Å². The highest BCUT2D eigenvalue weighted by Gasteiger charge is 2.32. The van der Waals surface area contributed by atoms with E-state index in [1.54, 1.807) is 13.0 Å². The summed E-state index contributed by atoms with van der Waals surface area (Å²) in [6, 6.07) is 9.88. The van der Waals surface area contributed by atoms with Gasteiger partial charge in [-0.3, -0.25) is 14.9 Å². The standard InChI is InChI=1S/C20H22N4O3/c1-14-12-19(21-13-18(14)24(26)27)22-9-6-16(7-10-22)20(25)23-11-8-15-4-2-3-5-17(15)23/h2-5,12-13,16H,6-11H2,1H3. The summed E-state index contributed by atoms with van der Waals surface area (Å²) in [6.07, 6.45) is 3.79. The molecule has 1 amide bonds. The maximum absolute atomic E-state index is 13.0. The van der Waals surface area contributed by atoms with E-state index < -0.39 is 4.92 Å². The first-order valence-corrected chi connectivity index (χ1v) is 9.30. The molecule has 140 valence electrons. The molecule has 0 spiro atoms. The van der Waals surface area contributed by atoms with Gasteiger partial charge in [-0.1, -0.05) is 18.2 Å². The maximum Gasteiger partial charge on any atom is 0.290 e. The van der Waals surface area contributed by atoms with Gasteiger partial charge in [0.1, 0.15) is 12.0 Å². The molecule has 2 aliphatic rings. The van der Waals surface area contributed by atoms with Crippen molar-refractivity contribution in [1.29, 1.82) is 0 Å². The Labute approximate surface area is 157 Å². The van der Waals surface area contributed by atoms with Crippen molar-refractivity contribution in [2.24, 2.45) is 5.92 Å². The molecular formula is C20H22N4O3. The molecule has 7 heteroatoms. The average molecular weight is 366 g/mol. The fraction of sp³-hybridized carbons (Fsp3) is 0.400. The number of aromatic nitrogens is 1. The number of nitrogens with zero attached hydrogens (tertiary/aromatic N) is 4. The summed E-state index contributed by atoms with van der Waals surface area (Å²) < 4.78 is 0. The molecule has 0 atom stereocenters. The number of aryl methyl sites for hydroxylation is 1. The van der Waals surface area contributed by atoms with Crippen molar-refractivity contribution >= 4 is 23.1 Å². The first-order chi connectivity index (χ1) is 13.0. The molecule has 0 radical (unpaired) electrons. The lowest BCUT2D eigenvalue weighted by Gasteiger charge is -2.34. The number of carbonyl (C=O) groups is 1. The van der Waals surface area contributed by atoms with Crippen LogP contribution in [0.5, 0.6) is 0 Å². The molecule has 2 aromatic rings. The van der Waals surface area contributed by atoms with Gasteiger partial charge in [0.15, 0.2) is 0 Å². The number of piperidine rings is 1. The number of pyridine rings is 1. The topological polar surface area (TPSA) is 79.6 Å². The molecule has 0 N–H and O–H groups in total. The SMILES string of the molecule is Cc1cc(N2CCC(C(=O)N3CCc4ccccc43)CC2)ncc1[N+](=O)[O-]. The first kappa shape index (κ1) is 17.5. The molecule has 7 nitrogen and oxygen atoms in total. The summed E-state index contributed by atoms with van der Waals surface area (Å²) >= 11 is 0. The van der Waals surface area contributed by atoms with Crippen molar-refractivity contribution in [3.63, 3.8) is 0 Å². The smallest absolute Gasteiger partial charge is 0.290 e. The molecule has 1 fully saturated rings. The van der Waals surface area contributed by atoms with Crippen molar-refractivity contribution in [2.75, 3.05) is 29.4 Å². The van der Waals surface area contributed by atoms with E-state index in [-0.39, 0.29) is 17.5 Å². The van der Waals surface area contributed by atoms with Gasteiger partial charge in [-0.15, -0.1) is 0 Å². The van der Waals surface area contributed by atoms with E-state index in [9.17, 15) is 14.9 Å². The zero-order chi connectivity index (χ0) is 19.0. The van der Waals surface area contributed by atoms with Gasteiger partial charge in [0.05, 0.1) is 4.92 Å². The van der Waals surface area contributed by atoms with Crippen LogP contribution in [0.25, 0.3) is 0 Å². The molecule has 0 bridgehead atoms. The number of hydrogen-bond acceptors (Lipinski definition) is 5. The largest absolute Gasteiger partial charge is 0.357 e. The van der Waals surface area contributed by atoms with E-state index in [2.05, 4.69) is 16.0 Å². The third-order valence-corrected chi connectivity index (χ3v) is 5.59. The second kappa shape index (κ2) is 6.98. The number of benzene rings is 1. The van der Waals surface area contributed by atoms with Crippen LogP contribution in [-0.4, -0.2) is 35.4 Å². The zero-order valence-electron chi connectivity index (χ0n) is 15.3. The summed E-state index contributed by atoms with van der Waals surface area (Å²) in [5.41, 5.74) is 2.94. The van der Waals surface area contributed by atoms with Crippen LogP contribution in [0, 0.1) is 23.0 Å². The number of nitro groups is 1. The minimum absolute atomic E-state index is 0.0200. The molecule has 1 aromatic carbocycles. The van der Waals surface area contributed by atoms with Gasteiger partial charge in [-0.25, -0.2) is 4.98 Å². The van der Waals surface area contributed by atoms with Gasteiger partial charge < -0.3 is 9.80 Å². The highest BCUT2D eigenvalue weighted by molar-refractivity contribution is 5.97. The van der Waals surface area contributed by atoms with Crippen LogP contribution >= 0.6 is 0 Å². The summed E-state index contributed by atoms with van der Waals surface area (Å²) in [5.74, 6) is 0.981. The van der Waals surface area contributed by atoms with Crippen LogP contribution in [0.3, 0.4) is 0 Å². The molecular weight excluding hydrogens is 344 g/mol. The lowest BCUT2D eigenvalue weighted by atomic mass is 9.95. The Hall–Kier alpha value is -2.96. The van der Waals surface area contributed by atoms with Gasteiger partial charge in [0.2, 0.25) is 5.91 Å². The lowest BCUT2D eigenvalue weighted by Crippen LogP contribution is -2.42. The Morgan fingerprint density at radius 3 is 2.67 bits per heavy atom. The quantitative estimate of drug-likeness (QED) is 0.616. The van der Waals surface area contributed by atoms with Crippen molar-refractivity contribution < 1.29 is 9.72 Å². The van der Waals surface area contributed by atoms with Crippen LogP contribution in [0.4, 0.5) is 17.2 Å². The van der Waals surface area contributed by atoms with Crippen LogP contribution in [0.15, 0.2) is 36.5 Å². The van der Waals surface area contributed by atoms with Crippen molar-refractivity contribution in [3.8, 4) is 0 Å². The number of hydrogen-bond donors (Lipinski definition) is 0. The summed E-state index contributed by atoms with van der Waals surface area (Å²) in [4.78, 5) is 31.8. The van der Waals surface area contributed by atoms with Gasteiger partial charge >= 0.3 is 0 Å². The lowest BCUT2D eigenvalue weighted by molar-refractivity contribution is -0.385. The van der Waals surface area contributed by atoms with Crippen LogP contribution < -0.4 is 9.80 Å². The molecule has 0 unspecified atom stereocenters. The summed E-state index contributed by atoms with van der Waals surface area (Å²) in [6.45, 7) is 3.96. The van der Waals surface area contributed by atoms with E-state index in [1.807, 2.05) is 23.1 Å². The zero-order valence-corrected chi connectivity index (χ0v) is 15.3. The van der Waals surface area contributed by atoms with E-state index in [0.717, 1.165) is 50.4 Å². The van der Waals surface area contributed by atoms with E-state index in [0.29, 0.717) is 5.56 Å². The van der Waals surface area contributed by atoms with Crippen molar-refractivity contribution in [3.05, 3.63) is 57.8 Å². The summed E-state index contributed by atoms with van der Waals surface area (Å²) in [7, 11) is 0. The Balaban J connectivity index is 1.41. The van der Waals surface area contributed by atoms with Crippen LogP contribution in [0.1, 0.15) is 24.0 Å². The molecule has 2 aliphatic heterocycles. The van der Waals surface area contributed by atoms with E-state index >= 15 is 0 Å². The maximum atomic E-state index is 13.0. The number of para-hydroxylation sites is 1. The number of anilines is 2. The Morgan fingerprint density at radius 2 is 1.96 bits per heavy atom. The highest BCUT2D eigenvalue weighted by atomic mass is 16.6. The number of amides is 1. The molecule has 27 heavy (non-hydrogen) atoms. The second-order valence-corrected chi connectivity index (χ2v) is 7.22. The average Bonchev–Trinajstić information content (AvgIpc) is 3.11. The molecule has 4 rings (SSSR count). The van der Waals surface area contributed by atoms with Crippen molar-refractivity contribution in [2.45, 2.75) is 26.2 Å². The Kier molecular flexibility index (Phi) is 4.51. The molecule has 1 aromatic heterocycles. The predicted molar refractivity (Wildman–Crippen MR) is 103 cm³/mol. The van der Waals surface area contributed by atoms with Gasteiger partial charge in [0.25, 0.3) is 5.69 Å². The van der Waals surface area contributed by atoms with Crippen LogP contribution in [0.2, 0.25) is 0 Å². The molecule has 0 saturated carbocycles. The third-order valence-electron chi connectivity index (χ3n) is 5.59. The van der Waals surface area contributed by atoms with Crippen LogP contribution in [-0.2, 0) is 11.2 Å². The van der Waals surface area contributed by atoms with E-state index in [1.165, 1.54) is 11.8 Å². The number of carbonyl (C=O) groups excluding carboxylic acids is 1. The normalized spacial score (nSPS) is 17.1. The second-order valence-electron chi connectivity index (χ2n) is 7.22. The minimum Gasteiger partial charge on any atom is -0.357 e. The number of rotatable bonds is 3. The highest BCUT2D eigenvalue weighted by Crippen LogP contribution is 2.32. The fourth-order valence-electron chi connectivity index (χ4n) is 4.04. The number of fused-ring (bicyclic) bond motifs is 1. The van der Waals surface area contributed by atoms with E-state index in [4.69, 9.17) is 0 Å². The fourth-order valence-corrected chi connectivity index (χ4v) is 4.04. The Morgan fingerprint density at radius 1 is 1.22 bits per heavy atom. The predicted octanol–water partition coefficient (Wildman–Crippen LogP) is 3.10. The van der Waals surface area contributed by atoms with Gasteiger partial charge in [-0.2, -0.15) is 0 Å². The molecule has 0 aliphatic carbocycles. The minimum atomic E-state index is -0.412. The van der Waals surface area contributed by atoms with Crippen molar-refractivity contribution in [1.82, 2.24) is 4.98 Å².